The number of nitrogens with zero attached hydrogens (tertiary/aromatic N) is 3. The first-order valence-corrected chi connectivity index (χ1v) is 8.37. The highest BCUT2D eigenvalue weighted by Gasteiger charge is 2.07. The van der Waals surface area contributed by atoms with E-state index in [-0.39, 0.29) is 5.91 Å². The van der Waals surface area contributed by atoms with Crippen LogP contribution in [-0.4, -0.2) is 27.0 Å². The third kappa shape index (κ3) is 3.21. The summed E-state index contributed by atoms with van der Waals surface area (Å²) in [6, 6.07) is 19.6. The molecule has 4 rings (SSSR count). The first kappa shape index (κ1) is 15.3. The van der Waals surface area contributed by atoms with E-state index in [9.17, 15) is 4.79 Å². The third-order valence-electron chi connectivity index (χ3n) is 4.26. The van der Waals surface area contributed by atoms with Crippen LogP contribution in [0.5, 0.6) is 0 Å². The predicted molar refractivity (Wildman–Crippen MR) is 97.6 cm³/mol. The van der Waals surface area contributed by atoms with E-state index in [0.29, 0.717) is 12.1 Å². The van der Waals surface area contributed by atoms with Crippen molar-refractivity contribution in [3.8, 4) is 0 Å². The average Bonchev–Trinajstić information content (AvgIpc) is 3.08. The maximum absolute atomic E-state index is 12.3. The second-order valence-corrected chi connectivity index (χ2v) is 5.97. The molecule has 124 valence electrons. The fraction of sp³-hybridized carbons (Fsp3) is 0.150. The number of hydrogen-bond acceptors (Lipinski definition) is 3. The molecule has 0 spiro atoms. The van der Waals surface area contributed by atoms with Gasteiger partial charge < -0.3 is 5.32 Å². The maximum Gasteiger partial charge on any atom is 0.251 e. The zero-order valence-corrected chi connectivity index (χ0v) is 13.7. The number of nitrogens with one attached hydrogen (secondary N) is 1. The molecule has 1 amide bonds. The number of hydrogen-bond donors (Lipinski definition) is 1. The summed E-state index contributed by atoms with van der Waals surface area (Å²) in [5.74, 6) is 0.868. The first-order chi connectivity index (χ1) is 12.3. The van der Waals surface area contributed by atoms with Gasteiger partial charge in [0.15, 0.2) is 5.65 Å². The van der Waals surface area contributed by atoms with Crippen molar-refractivity contribution in [1.29, 1.82) is 0 Å². The molecule has 2 aromatic heterocycles. The molecule has 2 heterocycles. The second kappa shape index (κ2) is 6.73. The number of carbonyl (C=O) groups excluding carboxylic acids is 1. The Balaban J connectivity index is 1.35. The normalized spacial score (nSPS) is 11.0. The SMILES string of the molecule is O=C(NCCCc1nnc2ccccn12)c1ccc2ccccc2c1. The standard InChI is InChI=1S/C20H18N4O/c25-20(17-11-10-15-6-1-2-7-16(15)14-17)21-12-5-9-19-23-22-18-8-3-4-13-24(18)19/h1-4,6-8,10-11,13-14H,5,9,12H2,(H,21,25). The lowest BCUT2D eigenvalue weighted by Crippen LogP contribution is -2.24. The summed E-state index contributed by atoms with van der Waals surface area (Å²) in [5.41, 5.74) is 1.53. The number of amides is 1. The Hall–Kier alpha value is -3.21. The van der Waals surface area contributed by atoms with Gasteiger partial charge in [-0.3, -0.25) is 9.20 Å². The smallest absolute Gasteiger partial charge is 0.251 e. The van der Waals surface area contributed by atoms with Gasteiger partial charge in [0.05, 0.1) is 0 Å². The van der Waals surface area contributed by atoms with Crippen molar-refractivity contribution in [2.24, 2.45) is 0 Å². The zero-order chi connectivity index (χ0) is 17.1. The first-order valence-electron chi connectivity index (χ1n) is 8.37. The summed E-state index contributed by atoms with van der Waals surface area (Å²) in [5, 5.41) is 13.5. The average molecular weight is 330 g/mol. The molecular formula is C20H18N4O. The molecule has 0 aliphatic rings. The number of aromatic nitrogens is 3. The van der Waals surface area contributed by atoms with Crippen molar-refractivity contribution in [3.63, 3.8) is 0 Å². The number of benzene rings is 2. The van der Waals surface area contributed by atoms with Crippen molar-refractivity contribution < 1.29 is 4.79 Å². The molecule has 5 nitrogen and oxygen atoms in total. The molecule has 4 aromatic rings. The molecule has 0 aliphatic carbocycles. The van der Waals surface area contributed by atoms with E-state index >= 15 is 0 Å². The predicted octanol–water partition coefficient (Wildman–Crippen LogP) is 3.25. The zero-order valence-electron chi connectivity index (χ0n) is 13.7. The highest BCUT2D eigenvalue weighted by Crippen LogP contribution is 2.15. The Labute approximate surface area is 145 Å². The fourth-order valence-electron chi connectivity index (χ4n) is 2.94. The van der Waals surface area contributed by atoms with Crippen LogP contribution in [0.2, 0.25) is 0 Å². The summed E-state index contributed by atoms with van der Waals surface area (Å²) in [6.45, 7) is 0.605. The molecule has 5 heteroatoms. The van der Waals surface area contributed by atoms with Gasteiger partial charge >= 0.3 is 0 Å². The lowest BCUT2D eigenvalue weighted by atomic mass is 10.1. The highest BCUT2D eigenvalue weighted by atomic mass is 16.1. The summed E-state index contributed by atoms with van der Waals surface area (Å²) in [6.07, 6.45) is 3.54. The molecule has 2 aromatic carbocycles. The molecule has 0 unspecified atom stereocenters. The number of rotatable bonds is 5. The molecular weight excluding hydrogens is 312 g/mol. The topological polar surface area (TPSA) is 59.3 Å². The van der Waals surface area contributed by atoms with Gasteiger partial charge in [-0.05, 0) is 41.5 Å². The monoisotopic (exact) mass is 330 g/mol. The largest absolute Gasteiger partial charge is 0.352 e. The van der Waals surface area contributed by atoms with Crippen LogP contribution in [0.1, 0.15) is 22.6 Å². The van der Waals surface area contributed by atoms with Crippen LogP contribution in [0.25, 0.3) is 16.4 Å². The van der Waals surface area contributed by atoms with Gasteiger partial charge in [0.2, 0.25) is 0 Å². The van der Waals surface area contributed by atoms with E-state index in [4.69, 9.17) is 0 Å². The number of pyridine rings is 1. The Bertz CT molecular complexity index is 1040. The van der Waals surface area contributed by atoms with Crippen molar-refractivity contribution in [2.75, 3.05) is 6.54 Å². The lowest BCUT2D eigenvalue weighted by molar-refractivity contribution is 0.0953. The van der Waals surface area contributed by atoms with Crippen LogP contribution in [0, 0.1) is 0 Å². The van der Waals surface area contributed by atoms with Crippen LogP contribution in [0.3, 0.4) is 0 Å². The minimum absolute atomic E-state index is 0.0446. The van der Waals surface area contributed by atoms with E-state index in [1.54, 1.807) is 0 Å². The van der Waals surface area contributed by atoms with E-state index < -0.39 is 0 Å². The highest BCUT2D eigenvalue weighted by molar-refractivity contribution is 5.98. The molecule has 0 radical (unpaired) electrons. The molecule has 0 saturated carbocycles. The maximum atomic E-state index is 12.3. The molecule has 0 fully saturated rings. The van der Waals surface area contributed by atoms with Crippen LogP contribution in [0.4, 0.5) is 0 Å². The summed E-state index contributed by atoms with van der Waals surface area (Å²) in [7, 11) is 0. The van der Waals surface area contributed by atoms with Crippen molar-refractivity contribution in [1.82, 2.24) is 19.9 Å². The molecule has 0 bridgehead atoms. The van der Waals surface area contributed by atoms with E-state index in [1.807, 2.05) is 71.3 Å². The van der Waals surface area contributed by atoms with E-state index in [2.05, 4.69) is 15.5 Å². The quantitative estimate of drug-likeness (QED) is 0.572. The van der Waals surface area contributed by atoms with Crippen molar-refractivity contribution >= 4 is 22.3 Å². The Morgan fingerprint density at radius 1 is 0.960 bits per heavy atom. The summed E-state index contributed by atoms with van der Waals surface area (Å²) in [4.78, 5) is 12.3. The van der Waals surface area contributed by atoms with Crippen LogP contribution < -0.4 is 5.32 Å². The van der Waals surface area contributed by atoms with Gasteiger partial charge in [0.1, 0.15) is 5.82 Å². The van der Waals surface area contributed by atoms with Crippen molar-refractivity contribution in [3.05, 3.63) is 78.2 Å². The van der Waals surface area contributed by atoms with Gasteiger partial charge in [0, 0.05) is 24.7 Å². The van der Waals surface area contributed by atoms with E-state index in [0.717, 1.165) is 35.1 Å². The van der Waals surface area contributed by atoms with Crippen molar-refractivity contribution in [2.45, 2.75) is 12.8 Å². The third-order valence-corrected chi connectivity index (χ3v) is 4.26. The summed E-state index contributed by atoms with van der Waals surface area (Å²) >= 11 is 0. The number of aryl methyl sites for hydroxylation is 1. The lowest BCUT2D eigenvalue weighted by Gasteiger charge is -2.06. The minimum Gasteiger partial charge on any atom is -0.352 e. The van der Waals surface area contributed by atoms with Gasteiger partial charge in [0.25, 0.3) is 5.91 Å². The second-order valence-electron chi connectivity index (χ2n) is 5.97. The molecule has 0 atom stereocenters. The molecule has 25 heavy (non-hydrogen) atoms. The van der Waals surface area contributed by atoms with Crippen LogP contribution >= 0.6 is 0 Å². The number of fused-ring (bicyclic) bond motifs is 2. The molecule has 0 aliphatic heterocycles. The summed E-state index contributed by atoms with van der Waals surface area (Å²) < 4.78 is 1.98. The van der Waals surface area contributed by atoms with Gasteiger partial charge in [-0.2, -0.15) is 0 Å². The minimum atomic E-state index is -0.0446. The number of carbonyl (C=O) groups is 1. The Morgan fingerprint density at radius 2 is 1.80 bits per heavy atom. The molecule has 1 N–H and O–H groups in total. The Morgan fingerprint density at radius 3 is 2.72 bits per heavy atom. The van der Waals surface area contributed by atoms with Gasteiger partial charge in [-0.25, -0.2) is 0 Å². The van der Waals surface area contributed by atoms with Crippen LogP contribution in [0.15, 0.2) is 66.9 Å². The molecule has 0 saturated heterocycles. The van der Waals surface area contributed by atoms with Crippen LogP contribution in [-0.2, 0) is 6.42 Å². The van der Waals surface area contributed by atoms with Gasteiger partial charge in [-0.15, -0.1) is 10.2 Å². The Kier molecular flexibility index (Phi) is 4.12. The van der Waals surface area contributed by atoms with E-state index in [1.165, 1.54) is 0 Å². The van der Waals surface area contributed by atoms with Gasteiger partial charge in [-0.1, -0.05) is 36.4 Å². The fourth-order valence-corrected chi connectivity index (χ4v) is 2.94.